The molecule has 1 amide bonds. The maximum atomic E-state index is 12.2. The first-order valence-electron chi connectivity index (χ1n) is 7.27. The van der Waals surface area contributed by atoms with Crippen molar-refractivity contribution in [3.05, 3.63) is 82.5 Å². The van der Waals surface area contributed by atoms with Crippen LogP contribution in [0.15, 0.2) is 60.8 Å². The number of carbonyl (C=O) groups is 1. The van der Waals surface area contributed by atoms with Crippen LogP contribution in [0.25, 0.3) is 0 Å². The van der Waals surface area contributed by atoms with E-state index in [-0.39, 0.29) is 5.91 Å². The van der Waals surface area contributed by atoms with Crippen molar-refractivity contribution in [2.75, 3.05) is 5.32 Å². The van der Waals surface area contributed by atoms with Gasteiger partial charge in [-0.3, -0.25) is 9.48 Å². The molecular formula is C18H16ClN3O. The fourth-order valence-electron chi connectivity index (χ4n) is 2.31. The summed E-state index contributed by atoms with van der Waals surface area (Å²) in [6.45, 7) is 2.73. The van der Waals surface area contributed by atoms with Crippen LogP contribution < -0.4 is 5.32 Å². The predicted molar refractivity (Wildman–Crippen MR) is 91.9 cm³/mol. The van der Waals surface area contributed by atoms with Crippen molar-refractivity contribution >= 4 is 23.3 Å². The van der Waals surface area contributed by atoms with Gasteiger partial charge in [0.15, 0.2) is 5.82 Å². The standard InChI is InChI=1S/C18H16ClN3O/c1-13-6-2-3-7-14(13)12-22-11-10-17(21-22)20-18(23)15-8-4-5-9-16(15)19/h2-11H,12H2,1H3,(H,20,21,23). The highest BCUT2D eigenvalue weighted by atomic mass is 35.5. The summed E-state index contributed by atoms with van der Waals surface area (Å²) < 4.78 is 1.80. The third-order valence-electron chi connectivity index (χ3n) is 3.59. The summed E-state index contributed by atoms with van der Waals surface area (Å²) in [5.41, 5.74) is 2.84. The molecule has 0 fully saturated rings. The Hall–Kier alpha value is -2.59. The normalized spacial score (nSPS) is 10.5. The largest absolute Gasteiger partial charge is 0.305 e. The van der Waals surface area contributed by atoms with Gasteiger partial charge in [0, 0.05) is 12.3 Å². The topological polar surface area (TPSA) is 46.9 Å². The average molecular weight is 326 g/mol. The van der Waals surface area contributed by atoms with Crippen LogP contribution in [0.1, 0.15) is 21.5 Å². The second kappa shape index (κ2) is 6.67. The fraction of sp³-hybridized carbons (Fsp3) is 0.111. The van der Waals surface area contributed by atoms with E-state index in [1.54, 1.807) is 35.0 Å². The van der Waals surface area contributed by atoms with Crippen LogP contribution in [0.3, 0.4) is 0 Å². The highest BCUT2D eigenvalue weighted by Crippen LogP contribution is 2.17. The summed E-state index contributed by atoms with van der Waals surface area (Å²) in [6, 6.07) is 16.9. The Kier molecular flexibility index (Phi) is 4.44. The van der Waals surface area contributed by atoms with Crippen LogP contribution in [0.4, 0.5) is 5.82 Å². The first kappa shape index (κ1) is 15.3. The Bertz CT molecular complexity index is 842. The highest BCUT2D eigenvalue weighted by molar-refractivity contribution is 6.34. The third kappa shape index (κ3) is 3.60. The lowest BCUT2D eigenvalue weighted by Crippen LogP contribution is -2.13. The zero-order valence-corrected chi connectivity index (χ0v) is 13.4. The van der Waals surface area contributed by atoms with Gasteiger partial charge in [-0.2, -0.15) is 5.10 Å². The molecule has 0 atom stereocenters. The minimum Gasteiger partial charge on any atom is -0.305 e. The van der Waals surface area contributed by atoms with Gasteiger partial charge in [0.2, 0.25) is 0 Å². The molecule has 0 aliphatic carbocycles. The van der Waals surface area contributed by atoms with Crippen LogP contribution >= 0.6 is 11.6 Å². The monoisotopic (exact) mass is 325 g/mol. The Morgan fingerprint density at radius 2 is 1.87 bits per heavy atom. The van der Waals surface area contributed by atoms with Crippen molar-refractivity contribution in [1.29, 1.82) is 0 Å². The van der Waals surface area contributed by atoms with Crippen molar-refractivity contribution in [2.24, 2.45) is 0 Å². The van der Waals surface area contributed by atoms with Crippen molar-refractivity contribution < 1.29 is 4.79 Å². The molecule has 1 N–H and O–H groups in total. The van der Waals surface area contributed by atoms with Crippen LogP contribution in [-0.2, 0) is 6.54 Å². The van der Waals surface area contributed by atoms with E-state index in [0.29, 0.717) is 22.9 Å². The second-order valence-electron chi connectivity index (χ2n) is 5.26. The summed E-state index contributed by atoms with van der Waals surface area (Å²) in [5, 5.41) is 7.57. The number of rotatable bonds is 4. The van der Waals surface area contributed by atoms with Crippen LogP contribution in [-0.4, -0.2) is 15.7 Å². The molecule has 0 aliphatic rings. The lowest BCUT2D eigenvalue weighted by atomic mass is 10.1. The summed E-state index contributed by atoms with van der Waals surface area (Å²) >= 11 is 6.03. The predicted octanol–water partition coefficient (Wildman–Crippen LogP) is 4.15. The maximum absolute atomic E-state index is 12.2. The van der Waals surface area contributed by atoms with E-state index in [1.165, 1.54) is 11.1 Å². The third-order valence-corrected chi connectivity index (χ3v) is 3.92. The number of hydrogen-bond acceptors (Lipinski definition) is 2. The summed E-state index contributed by atoms with van der Waals surface area (Å²) in [7, 11) is 0. The molecule has 0 saturated carbocycles. The number of aryl methyl sites for hydroxylation is 1. The molecular weight excluding hydrogens is 310 g/mol. The van der Waals surface area contributed by atoms with Gasteiger partial charge in [-0.05, 0) is 30.2 Å². The Morgan fingerprint density at radius 3 is 2.65 bits per heavy atom. The van der Waals surface area contributed by atoms with Gasteiger partial charge in [-0.25, -0.2) is 0 Å². The number of hydrogen-bond donors (Lipinski definition) is 1. The molecule has 0 spiro atoms. The molecule has 0 saturated heterocycles. The molecule has 2 aromatic carbocycles. The van der Waals surface area contributed by atoms with Gasteiger partial charge in [0.05, 0.1) is 17.1 Å². The van der Waals surface area contributed by atoms with Gasteiger partial charge in [-0.1, -0.05) is 48.0 Å². The number of benzene rings is 2. The van der Waals surface area contributed by atoms with E-state index in [2.05, 4.69) is 29.5 Å². The van der Waals surface area contributed by atoms with Gasteiger partial charge < -0.3 is 5.32 Å². The van der Waals surface area contributed by atoms with Gasteiger partial charge in [0.1, 0.15) is 0 Å². The van der Waals surface area contributed by atoms with E-state index < -0.39 is 0 Å². The molecule has 3 aromatic rings. The highest BCUT2D eigenvalue weighted by Gasteiger charge is 2.11. The molecule has 3 rings (SSSR count). The smallest absolute Gasteiger partial charge is 0.258 e. The molecule has 0 bridgehead atoms. The maximum Gasteiger partial charge on any atom is 0.258 e. The fourth-order valence-corrected chi connectivity index (χ4v) is 2.53. The summed E-state index contributed by atoms with van der Waals surface area (Å²) in [5.74, 6) is 0.236. The SMILES string of the molecule is Cc1ccccc1Cn1ccc(NC(=O)c2ccccc2Cl)n1. The number of anilines is 1. The first-order chi connectivity index (χ1) is 11.1. The average Bonchev–Trinajstić information content (AvgIpc) is 2.97. The minimum absolute atomic E-state index is 0.267. The molecule has 0 unspecified atom stereocenters. The van der Waals surface area contributed by atoms with Crippen molar-refractivity contribution in [2.45, 2.75) is 13.5 Å². The van der Waals surface area contributed by atoms with Gasteiger partial charge in [0.25, 0.3) is 5.91 Å². The first-order valence-corrected chi connectivity index (χ1v) is 7.65. The van der Waals surface area contributed by atoms with Gasteiger partial charge >= 0.3 is 0 Å². The van der Waals surface area contributed by atoms with Crippen LogP contribution in [0, 0.1) is 6.92 Å². The molecule has 23 heavy (non-hydrogen) atoms. The Morgan fingerprint density at radius 1 is 1.13 bits per heavy atom. The lowest BCUT2D eigenvalue weighted by Gasteiger charge is -2.06. The van der Waals surface area contributed by atoms with Crippen LogP contribution in [0.2, 0.25) is 5.02 Å². The Balaban J connectivity index is 1.72. The van der Waals surface area contributed by atoms with E-state index >= 15 is 0 Å². The number of nitrogens with one attached hydrogen (secondary N) is 1. The van der Waals surface area contributed by atoms with E-state index in [4.69, 9.17) is 11.6 Å². The molecule has 1 heterocycles. The number of carbonyl (C=O) groups excluding carboxylic acids is 1. The quantitative estimate of drug-likeness (QED) is 0.783. The van der Waals surface area contributed by atoms with E-state index in [0.717, 1.165) is 0 Å². The van der Waals surface area contributed by atoms with Gasteiger partial charge in [-0.15, -0.1) is 0 Å². The van der Waals surface area contributed by atoms with Crippen molar-refractivity contribution in [3.63, 3.8) is 0 Å². The second-order valence-corrected chi connectivity index (χ2v) is 5.67. The molecule has 5 heteroatoms. The van der Waals surface area contributed by atoms with E-state index in [1.807, 2.05) is 18.3 Å². The van der Waals surface area contributed by atoms with Crippen LogP contribution in [0.5, 0.6) is 0 Å². The number of aromatic nitrogens is 2. The summed E-state index contributed by atoms with van der Waals surface area (Å²) in [6.07, 6.45) is 1.84. The Labute approximate surface area is 139 Å². The zero-order valence-electron chi connectivity index (χ0n) is 12.7. The number of amides is 1. The van der Waals surface area contributed by atoms with E-state index in [9.17, 15) is 4.79 Å². The molecule has 4 nitrogen and oxygen atoms in total. The van der Waals surface area contributed by atoms with Crippen molar-refractivity contribution in [1.82, 2.24) is 9.78 Å². The van der Waals surface area contributed by atoms with Crippen molar-refractivity contribution in [3.8, 4) is 0 Å². The number of halogens is 1. The molecule has 0 aliphatic heterocycles. The summed E-state index contributed by atoms with van der Waals surface area (Å²) in [4.78, 5) is 12.2. The molecule has 1 aromatic heterocycles. The zero-order chi connectivity index (χ0) is 16.2. The molecule has 0 radical (unpaired) electrons. The number of nitrogens with zero attached hydrogens (tertiary/aromatic N) is 2. The molecule has 116 valence electrons. The lowest BCUT2D eigenvalue weighted by molar-refractivity contribution is 0.102. The minimum atomic E-state index is -0.267.